The van der Waals surface area contributed by atoms with Gasteiger partial charge in [-0.25, -0.2) is 0 Å². The van der Waals surface area contributed by atoms with Gasteiger partial charge in [0.1, 0.15) is 5.78 Å². The molecule has 0 unspecified atom stereocenters. The Morgan fingerprint density at radius 3 is 1.94 bits per heavy atom. The van der Waals surface area contributed by atoms with Gasteiger partial charge in [-0.3, -0.25) is 14.5 Å². The lowest BCUT2D eigenvalue weighted by Crippen LogP contribution is -2.54. The van der Waals surface area contributed by atoms with Crippen LogP contribution in [0.1, 0.15) is 34.1 Å². The van der Waals surface area contributed by atoms with Crippen molar-refractivity contribution in [1.82, 2.24) is 9.80 Å². The predicted molar refractivity (Wildman–Crippen MR) is 63.2 cm³/mol. The van der Waals surface area contributed by atoms with E-state index in [-0.39, 0.29) is 23.7 Å². The van der Waals surface area contributed by atoms with Crippen molar-refractivity contribution in [1.29, 1.82) is 0 Å². The van der Waals surface area contributed by atoms with Crippen LogP contribution in [-0.2, 0) is 9.59 Å². The Hall–Kier alpha value is -0.900. The smallest absolute Gasteiger partial charge is 0.230 e. The molecule has 0 bridgehead atoms. The van der Waals surface area contributed by atoms with Crippen molar-refractivity contribution in [3.8, 4) is 0 Å². The third kappa shape index (κ3) is 3.59. The van der Waals surface area contributed by atoms with Crippen molar-refractivity contribution in [3.05, 3.63) is 0 Å². The molecule has 92 valence electrons. The van der Waals surface area contributed by atoms with Crippen LogP contribution in [0, 0.1) is 0 Å². The van der Waals surface area contributed by atoms with Gasteiger partial charge < -0.3 is 4.90 Å². The van der Waals surface area contributed by atoms with E-state index in [9.17, 15) is 9.59 Å². The molecule has 0 aliphatic carbocycles. The van der Waals surface area contributed by atoms with Gasteiger partial charge in [-0.1, -0.05) is 0 Å². The fourth-order valence-corrected chi connectivity index (χ4v) is 1.95. The highest BCUT2D eigenvalue weighted by atomic mass is 16.2. The van der Waals surface area contributed by atoms with Gasteiger partial charge in [0.25, 0.3) is 0 Å². The van der Waals surface area contributed by atoms with Crippen LogP contribution >= 0.6 is 0 Å². The minimum absolute atomic E-state index is 0.0268. The van der Waals surface area contributed by atoms with Crippen LogP contribution in [0.25, 0.3) is 0 Å². The molecule has 0 radical (unpaired) electrons. The van der Waals surface area contributed by atoms with E-state index < -0.39 is 0 Å². The topological polar surface area (TPSA) is 40.6 Å². The van der Waals surface area contributed by atoms with Crippen molar-refractivity contribution in [3.63, 3.8) is 0 Å². The highest BCUT2D eigenvalue weighted by Gasteiger charge is 2.27. The first kappa shape index (κ1) is 13.2. The molecule has 1 amide bonds. The second kappa shape index (κ2) is 4.95. The van der Waals surface area contributed by atoms with Crippen molar-refractivity contribution in [2.75, 3.05) is 26.2 Å². The van der Waals surface area contributed by atoms with Crippen molar-refractivity contribution in [2.24, 2.45) is 0 Å². The molecule has 1 rings (SSSR count). The summed E-state index contributed by atoms with van der Waals surface area (Å²) in [6, 6.07) is 0. The zero-order valence-electron chi connectivity index (χ0n) is 10.7. The quantitative estimate of drug-likeness (QED) is 0.657. The summed E-state index contributed by atoms with van der Waals surface area (Å²) in [4.78, 5) is 26.7. The van der Waals surface area contributed by atoms with Gasteiger partial charge in [0.05, 0.1) is 6.42 Å². The van der Waals surface area contributed by atoms with Crippen LogP contribution in [-0.4, -0.2) is 53.2 Å². The van der Waals surface area contributed by atoms with Gasteiger partial charge in [-0.05, 0) is 27.7 Å². The molecule has 4 heteroatoms. The highest BCUT2D eigenvalue weighted by molar-refractivity contribution is 5.96. The minimum Gasteiger partial charge on any atom is -0.340 e. The van der Waals surface area contributed by atoms with Gasteiger partial charge >= 0.3 is 0 Å². The molecule has 0 aromatic carbocycles. The molecule has 0 N–H and O–H groups in total. The summed E-state index contributed by atoms with van der Waals surface area (Å²) in [5.41, 5.74) is 0.162. The molecule has 0 atom stereocenters. The van der Waals surface area contributed by atoms with Crippen molar-refractivity contribution >= 4 is 11.7 Å². The van der Waals surface area contributed by atoms with Gasteiger partial charge in [0.2, 0.25) is 5.91 Å². The van der Waals surface area contributed by atoms with E-state index in [0.29, 0.717) is 0 Å². The van der Waals surface area contributed by atoms with Crippen LogP contribution in [0.15, 0.2) is 0 Å². The third-order valence-corrected chi connectivity index (χ3v) is 2.98. The molecule has 1 heterocycles. The van der Waals surface area contributed by atoms with E-state index in [4.69, 9.17) is 0 Å². The maximum Gasteiger partial charge on any atom is 0.230 e. The van der Waals surface area contributed by atoms with Crippen molar-refractivity contribution in [2.45, 2.75) is 39.7 Å². The van der Waals surface area contributed by atoms with Crippen molar-refractivity contribution < 1.29 is 9.59 Å². The maximum atomic E-state index is 11.7. The predicted octanol–water partition coefficient (Wildman–Crippen LogP) is 0.908. The zero-order chi connectivity index (χ0) is 12.3. The van der Waals surface area contributed by atoms with Crippen LogP contribution in [0.5, 0.6) is 0 Å². The lowest BCUT2D eigenvalue weighted by Gasteiger charge is -2.42. The number of carbonyl (C=O) groups is 2. The molecule has 1 fully saturated rings. The van der Waals surface area contributed by atoms with Gasteiger partial charge in [0, 0.05) is 31.7 Å². The average Bonchev–Trinajstić information content (AvgIpc) is 2.15. The summed E-state index contributed by atoms with van der Waals surface area (Å²) >= 11 is 0. The van der Waals surface area contributed by atoms with E-state index in [2.05, 4.69) is 25.7 Å². The van der Waals surface area contributed by atoms with Gasteiger partial charge in [0.15, 0.2) is 0 Å². The Kier molecular flexibility index (Phi) is 4.08. The molecule has 16 heavy (non-hydrogen) atoms. The fourth-order valence-electron chi connectivity index (χ4n) is 1.95. The molecule has 0 saturated carbocycles. The number of Topliss-reactive ketones (excluding diaryl/α,β-unsaturated/α-hetero) is 1. The van der Waals surface area contributed by atoms with E-state index in [1.165, 1.54) is 6.92 Å². The monoisotopic (exact) mass is 226 g/mol. The molecular formula is C12H22N2O2. The summed E-state index contributed by atoms with van der Waals surface area (Å²) in [6.45, 7) is 11.3. The summed E-state index contributed by atoms with van der Waals surface area (Å²) < 4.78 is 0. The summed E-state index contributed by atoms with van der Waals surface area (Å²) in [7, 11) is 0. The fraction of sp³-hybridized carbons (Fsp3) is 0.833. The van der Waals surface area contributed by atoms with Crippen LogP contribution in [0.4, 0.5) is 0 Å². The molecule has 1 saturated heterocycles. The second-order valence-corrected chi connectivity index (χ2v) is 5.42. The first-order valence-electron chi connectivity index (χ1n) is 5.83. The average molecular weight is 226 g/mol. The summed E-state index contributed by atoms with van der Waals surface area (Å²) in [5.74, 6) is -0.0793. The summed E-state index contributed by atoms with van der Waals surface area (Å²) in [5, 5.41) is 0. The molecule has 4 nitrogen and oxygen atoms in total. The largest absolute Gasteiger partial charge is 0.340 e. The number of ketones is 1. The molecule has 0 spiro atoms. The Balaban J connectivity index is 2.43. The van der Waals surface area contributed by atoms with E-state index in [0.717, 1.165) is 26.2 Å². The zero-order valence-corrected chi connectivity index (χ0v) is 10.7. The summed E-state index contributed by atoms with van der Waals surface area (Å²) in [6.07, 6.45) is 0.0511. The second-order valence-electron chi connectivity index (χ2n) is 5.42. The number of piperazine rings is 1. The van der Waals surface area contributed by atoms with Gasteiger partial charge in [-0.2, -0.15) is 0 Å². The SMILES string of the molecule is CC(=O)CC(=O)N1CCN(C(C)(C)C)CC1. The normalized spacial score (nSPS) is 18.6. The van der Waals surface area contributed by atoms with Crippen LogP contribution in [0.2, 0.25) is 0 Å². The number of hydrogen-bond donors (Lipinski definition) is 0. The molecule has 1 aliphatic rings. The minimum atomic E-state index is -0.0525. The number of rotatable bonds is 2. The number of nitrogens with zero attached hydrogens (tertiary/aromatic N) is 2. The number of hydrogen-bond acceptors (Lipinski definition) is 3. The first-order chi connectivity index (χ1) is 7.30. The lowest BCUT2D eigenvalue weighted by molar-refractivity contribution is -0.136. The Morgan fingerprint density at radius 1 is 1.06 bits per heavy atom. The standard InChI is InChI=1S/C12H22N2O2/c1-10(15)9-11(16)13-5-7-14(8-6-13)12(2,3)4/h5-9H2,1-4H3. The van der Waals surface area contributed by atoms with E-state index >= 15 is 0 Å². The van der Waals surface area contributed by atoms with Crippen LogP contribution in [0.3, 0.4) is 0 Å². The van der Waals surface area contributed by atoms with Crippen LogP contribution < -0.4 is 0 Å². The molecule has 0 aromatic rings. The third-order valence-electron chi connectivity index (χ3n) is 2.98. The highest BCUT2D eigenvalue weighted by Crippen LogP contribution is 2.16. The molecule has 0 aromatic heterocycles. The number of carbonyl (C=O) groups excluding carboxylic acids is 2. The van der Waals surface area contributed by atoms with Gasteiger partial charge in [-0.15, -0.1) is 0 Å². The Bertz CT molecular complexity index is 273. The molecular weight excluding hydrogens is 204 g/mol. The Morgan fingerprint density at radius 2 is 1.56 bits per heavy atom. The first-order valence-corrected chi connectivity index (χ1v) is 5.83. The number of amides is 1. The van der Waals surface area contributed by atoms with E-state index in [1.807, 2.05) is 0 Å². The maximum absolute atomic E-state index is 11.7. The Labute approximate surface area is 97.6 Å². The molecule has 1 aliphatic heterocycles. The van der Waals surface area contributed by atoms with E-state index in [1.54, 1.807) is 4.90 Å². The lowest BCUT2D eigenvalue weighted by atomic mass is 10.0.